The molecule has 0 atom stereocenters. The van der Waals surface area contributed by atoms with Crippen LogP contribution in [0.25, 0.3) is 0 Å². The Morgan fingerprint density at radius 1 is 1.10 bits per heavy atom. The lowest BCUT2D eigenvalue weighted by Crippen LogP contribution is -2.19. The molecule has 0 aliphatic heterocycles. The molecule has 0 saturated heterocycles. The first-order valence-electron chi connectivity index (χ1n) is 7.82. The molecule has 1 saturated carbocycles. The second kappa shape index (κ2) is 6.92. The Hall–Kier alpha value is -1.58. The van der Waals surface area contributed by atoms with Crippen molar-refractivity contribution >= 4 is 0 Å². The van der Waals surface area contributed by atoms with Gasteiger partial charge in [0, 0.05) is 12.6 Å². The first-order chi connectivity index (χ1) is 10.3. The molecule has 3 heteroatoms. The fourth-order valence-corrected chi connectivity index (χ4v) is 2.56. The highest BCUT2D eigenvalue weighted by Gasteiger charge is 2.19. The summed E-state index contributed by atoms with van der Waals surface area (Å²) in [7, 11) is 2.12. The van der Waals surface area contributed by atoms with Crippen molar-refractivity contribution in [2.45, 2.75) is 38.4 Å². The normalized spacial score (nSPS) is 14.8. The van der Waals surface area contributed by atoms with Crippen molar-refractivity contribution in [3.8, 4) is 0 Å². The molecule has 0 unspecified atom stereocenters. The van der Waals surface area contributed by atoms with E-state index in [1.165, 1.54) is 24.0 Å². The number of hydrogen-bond acceptors (Lipinski definition) is 3. The zero-order valence-electron chi connectivity index (χ0n) is 12.7. The van der Waals surface area contributed by atoms with Gasteiger partial charge in [0.05, 0.1) is 12.8 Å². The number of nitrogens with zero attached hydrogens (tertiary/aromatic N) is 1. The second-order valence-corrected chi connectivity index (χ2v) is 6.05. The van der Waals surface area contributed by atoms with Gasteiger partial charge in [-0.1, -0.05) is 24.3 Å². The Morgan fingerprint density at radius 2 is 1.86 bits per heavy atom. The molecule has 1 aliphatic carbocycles. The molecule has 112 valence electrons. The van der Waals surface area contributed by atoms with Crippen LogP contribution in [0.15, 0.2) is 47.1 Å². The summed E-state index contributed by atoms with van der Waals surface area (Å²) < 4.78 is 5.38. The van der Waals surface area contributed by atoms with Crippen LogP contribution in [0, 0.1) is 0 Å². The third-order valence-corrected chi connectivity index (χ3v) is 3.91. The highest BCUT2D eigenvalue weighted by molar-refractivity contribution is 5.22. The summed E-state index contributed by atoms with van der Waals surface area (Å²) >= 11 is 0. The van der Waals surface area contributed by atoms with Crippen LogP contribution >= 0.6 is 0 Å². The standard InChI is InChI=1S/C18H24N2O/c1-20(14-18-3-2-12-21-18)13-16-6-4-15(5-7-16)10-11-19-17-8-9-17/h2-7,12,17,19H,8-11,13-14H2,1H3. The quantitative estimate of drug-likeness (QED) is 0.807. The van der Waals surface area contributed by atoms with E-state index in [1.807, 2.05) is 12.1 Å². The Morgan fingerprint density at radius 3 is 2.52 bits per heavy atom. The van der Waals surface area contributed by atoms with Gasteiger partial charge in [-0.25, -0.2) is 0 Å². The maximum absolute atomic E-state index is 5.38. The van der Waals surface area contributed by atoms with Gasteiger partial charge in [0.25, 0.3) is 0 Å². The van der Waals surface area contributed by atoms with Gasteiger partial charge in [-0.3, -0.25) is 4.90 Å². The lowest BCUT2D eigenvalue weighted by Gasteiger charge is -2.15. The van der Waals surface area contributed by atoms with Crippen molar-refractivity contribution in [1.82, 2.24) is 10.2 Å². The van der Waals surface area contributed by atoms with Crippen LogP contribution in [0.5, 0.6) is 0 Å². The summed E-state index contributed by atoms with van der Waals surface area (Å²) in [5.74, 6) is 1.01. The van der Waals surface area contributed by atoms with E-state index in [9.17, 15) is 0 Å². The Kier molecular flexibility index (Phi) is 4.73. The van der Waals surface area contributed by atoms with Crippen LogP contribution in [-0.4, -0.2) is 24.5 Å². The molecule has 0 bridgehead atoms. The van der Waals surface area contributed by atoms with Gasteiger partial charge >= 0.3 is 0 Å². The van der Waals surface area contributed by atoms with Crippen molar-refractivity contribution in [2.75, 3.05) is 13.6 Å². The molecule has 0 amide bonds. The first kappa shape index (κ1) is 14.4. The third-order valence-electron chi connectivity index (χ3n) is 3.91. The molecule has 0 radical (unpaired) electrons. The van der Waals surface area contributed by atoms with E-state index < -0.39 is 0 Å². The second-order valence-electron chi connectivity index (χ2n) is 6.05. The molecule has 21 heavy (non-hydrogen) atoms. The van der Waals surface area contributed by atoms with Crippen molar-refractivity contribution < 1.29 is 4.42 Å². The van der Waals surface area contributed by atoms with Gasteiger partial charge in [0.1, 0.15) is 5.76 Å². The minimum atomic E-state index is 0.805. The van der Waals surface area contributed by atoms with Gasteiger partial charge in [-0.2, -0.15) is 0 Å². The smallest absolute Gasteiger partial charge is 0.117 e. The van der Waals surface area contributed by atoms with Crippen LogP contribution in [0.2, 0.25) is 0 Å². The molecule has 3 nitrogen and oxygen atoms in total. The van der Waals surface area contributed by atoms with E-state index in [2.05, 4.69) is 41.5 Å². The Labute approximate surface area is 127 Å². The average Bonchev–Trinajstić information content (AvgIpc) is 3.16. The number of furan rings is 1. The monoisotopic (exact) mass is 284 g/mol. The van der Waals surface area contributed by atoms with E-state index in [0.717, 1.165) is 37.9 Å². The molecule has 0 spiro atoms. The molecule has 1 aromatic carbocycles. The number of hydrogen-bond donors (Lipinski definition) is 1. The molecular weight excluding hydrogens is 260 g/mol. The van der Waals surface area contributed by atoms with Gasteiger partial charge in [0.2, 0.25) is 0 Å². The summed E-state index contributed by atoms with van der Waals surface area (Å²) in [6, 6.07) is 13.8. The highest BCUT2D eigenvalue weighted by Crippen LogP contribution is 2.18. The minimum absolute atomic E-state index is 0.805. The maximum atomic E-state index is 5.38. The molecule has 1 aliphatic rings. The SMILES string of the molecule is CN(Cc1ccc(CCNC2CC2)cc1)Cc1ccco1. The summed E-state index contributed by atoms with van der Waals surface area (Å²) in [6.45, 7) is 2.89. The van der Waals surface area contributed by atoms with E-state index in [4.69, 9.17) is 4.42 Å². The lowest BCUT2D eigenvalue weighted by atomic mass is 10.1. The van der Waals surface area contributed by atoms with E-state index in [1.54, 1.807) is 6.26 Å². The van der Waals surface area contributed by atoms with E-state index in [-0.39, 0.29) is 0 Å². The number of benzene rings is 1. The van der Waals surface area contributed by atoms with Crippen LogP contribution in [-0.2, 0) is 19.5 Å². The molecule has 1 N–H and O–H groups in total. The van der Waals surface area contributed by atoms with Crippen LogP contribution < -0.4 is 5.32 Å². The van der Waals surface area contributed by atoms with Crippen molar-refractivity contribution in [3.63, 3.8) is 0 Å². The van der Waals surface area contributed by atoms with E-state index >= 15 is 0 Å². The summed E-state index contributed by atoms with van der Waals surface area (Å²) in [6.07, 6.45) is 5.58. The van der Waals surface area contributed by atoms with Gasteiger partial charge in [-0.05, 0) is 56.1 Å². The number of rotatable bonds is 8. The van der Waals surface area contributed by atoms with Crippen LogP contribution in [0.1, 0.15) is 29.7 Å². The largest absolute Gasteiger partial charge is 0.468 e. The predicted molar refractivity (Wildman–Crippen MR) is 85.0 cm³/mol. The van der Waals surface area contributed by atoms with Gasteiger partial charge in [-0.15, -0.1) is 0 Å². The first-order valence-corrected chi connectivity index (χ1v) is 7.82. The molecule has 1 aromatic heterocycles. The predicted octanol–water partition coefficient (Wildman–Crippen LogP) is 3.21. The number of nitrogens with one attached hydrogen (secondary N) is 1. The van der Waals surface area contributed by atoms with Gasteiger partial charge < -0.3 is 9.73 Å². The molecule has 2 aromatic rings. The fourth-order valence-electron chi connectivity index (χ4n) is 2.56. The Bertz CT molecular complexity index is 529. The fraction of sp³-hybridized carbons (Fsp3) is 0.444. The Balaban J connectivity index is 1.44. The van der Waals surface area contributed by atoms with Crippen molar-refractivity contribution in [3.05, 3.63) is 59.5 Å². The highest BCUT2D eigenvalue weighted by atomic mass is 16.3. The van der Waals surface area contributed by atoms with Crippen molar-refractivity contribution in [1.29, 1.82) is 0 Å². The van der Waals surface area contributed by atoms with E-state index in [0.29, 0.717) is 0 Å². The van der Waals surface area contributed by atoms with Gasteiger partial charge in [0.15, 0.2) is 0 Å². The third kappa shape index (κ3) is 4.73. The maximum Gasteiger partial charge on any atom is 0.117 e. The topological polar surface area (TPSA) is 28.4 Å². The minimum Gasteiger partial charge on any atom is -0.468 e. The molecular formula is C18H24N2O. The molecule has 1 heterocycles. The molecule has 1 fully saturated rings. The zero-order chi connectivity index (χ0) is 14.5. The lowest BCUT2D eigenvalue weighted by molar-refractivity contribution is 0.288. The zero-order valence-corrected chi connectivity index (χ0v) is 12.7. The summed E-state index contributed by atoms with van der Waals surface area (Å²) in [5.41, 5.74) is 2.77. The van der Waals surface area contributed by atoms with Crippen LogP contribution in [0.3, 0.4) is 0 Å². The van der Waals surface area contributed by atoms with Crippen molar-refractivity contribution in [2.24, 2.45) is 0 Å². The average molecular weight is 284 g/mol. The molecule has 3 rings (SSSR count). The summed E-state index contributed by atoms with van der Waals surface area (Å²) in [4.78, 5) is 2.27. The summed E-state index contributed by atoms with van der Waals surface area (Å²) in [5, 5.41) is 3.56. The van der Waals surface area contributed by atoms with Crippen LogP contribution in [0.4, 0.5) is 0 Å².